The summed E-state index contributed by atoms with van der Waals surface area (Å²) in [6, 6.07) is 0. The number of hydrogen-bond donors (Lipinski definition) is 0. The van der Waals surface area contributed by atoms with Gasteiger partial charge < -0.3 is 4.74 Å². The fourth-order valence-corrected chi connectivity index (χ4v) is 11.6. The molecular formula is C33H54O2. The fourth-order valence-electron chi connectivity index (χ4n) is 11.6. The van der Waals surface area contributed by atoms with Crippen molar-refractivity contribution >= 4 is 5.97 Å². The van der Waals surface area contributed by atoms with Gasteiger partial charge in [-0.3, -0.25) is 4.79 Å². The number of esters is 1. The van der Waals surface area contributed by atoms with Gasteiger partial charge in [0.15, 0.2) is 0 Å². The minimum atomic E-state index is -0.114. The highest BCUT2D eigenvalue weighted by molar-refractivity contribution is 5.66. The Hall–Kier alpha value is -0.790. The van der Waals surface area contributed by atoms with E-state index in [2.05, 4.69) is 68.4 Å². The van der Waals surface area contributed by atoms with E-state index >= 15 is 0 Å². The summed E-state index contributed by atoms with van der Waals surface area (Å²) in [6.45, 7) is 24.8. The van der Waals surface area contributed by atoms with Crippen LogP contribution in [0.1, 0.15) is 127 Å². The minimum absolute atomic E-state index is 0.0202. The number of carbonyl (C=O) groups is 1. The molecule has 0 aliphatic heterocycles. The summed E-state index contributed by atoms with van der Waals surface area (Å²) in [4.78, 5) is 11.9. The van der Waals surface area contributed by atoms with Gasteiger partial charge in [0, 0.05) is 12.3 Å². The van der Waals surface area contributed by atoms with Crippen LogP contribution in [0.5, 0.6) is 0 Å². The first kappa shape index (κ1) is 25.8. The van der Waals surface area contributed by atoms with Gasteiger partial charge in [-0.1, -0.05) is 74.0 Å². The second kappa shape index (κ2) is 7.63. The predicted octanol–water partition coefficient (Wildman–Crippen LogP) is 8.99. The SMILES string of the molecule is CC(=O)OC1CCC2(C)C(CCC3(C)C4(C)CCC5(C)CCC(C)C(C)C5C4=CCC23C)C1(C)C. The average Bonchev–Trinajstić information content (AvgIpc) is 2.76. The van der Waals surface area contributed by atoms with Crippen LogP contribution in [-0.4, -0.2) is 12.1 Å². The number of hydrogen-bond acceptors (Lipinski definition) is 2. The van der Waals surface area contributed by atoms with Crippen molar-refractivity contribution in [2.45, 2.75) is 133 Å². The van der Waals surface area contributed by atoms with Gasteiger partial charge in [-0.25, -0.2) is 0 Å². The molecule has 5 aliphatic carbocycles. The highest BCUT2D eigenvalue weighted by Crippen LogP contribution is 2.80. The lowest BCUT2D eigenvalue weighted by atomic mass is 9.29. The molecule has 0 saturated heterocycles. The Morgan fingerprint density at radius 3 is 2.20 bits per heavy atom. The van der Waals surface area contributed by atoms with Gasteiger partial charge in [-0.2, -0.15) is 0 Å². The van der Waals surface area contributed by atoms with Crippen LogP contribution < -0.4 is 0 Å². The number of fused-ring (bicyclic) bond motifs is 7. The van der Waals surface area contributed by atoms with Gasteiger partial charge in [0.2, 0.25) is 0 Å². The van der Waals surface area contributed by atoms with E-state index in [1.165, 1.54) is 51.4 Å². The number of rotatable bonds is 1. The Balaban J connectivity index is 1.59. The lowest BCUT2D eigenvalue weighted by molar-refractivity contribution is -0.252. The van der Waals surface area contributed by atoms with E-state index in [-0.39, 0.29) is 28.3 Å². The molecule has 0 heterocycles. The molecule has 0 aromatic heterocycles. The molecule has 35 heavy (non-hydrogen) atoms. The Labute approximate surface area is 216 Å². The quantitative estimate of drug-likeness (QED) is 0.275. The number of allylic oxidation sites excluding steroid dienone is 2. The van der Waals surface area contributed by atoms with E-state index in [9.17, 15) is 4.79 Å². The van der Waals surface area contributed by atoms with E-state index in [4.69, 9.17) is 4.74 Å². The fraction of sp³-hybridized carbons (Fsp3) is 0.909. The van der Waals surface area contributed by atoms with Crippen LogP contribution in [-0.2, 0) is 9.53 Å². The van der Waals surface area contributed by atoms with Crippen molar-refractivity contribution in [1.82, 2.24) is 0 Å². The molecule has 0 spiro atoms. The van der Waals surface area contributed by atoms with Gasteiger partial charge in [0.05, 0.1) is 0 Å². The van der Waals surface area contributed by atoms with Crippen LogP contribution in [0, 0.1) is 56.2 Å². The van der Waals surface area contributed by atoms with E-state index in [0.717, 1.165) is 24.2 Å². The highest BCUT2D eigenvalue weighted by Gasteiger charge is 2.72. The summed E-state index contributed by atoms with van der Waals surface area (Å²) in [7, 11) is 0. The van der Waals surface area contributed by atoms with Gasteiger partial charge in [-0.05, 0) is 109 Å². The first-order valence-corrected chi connectivity index (χ1v) is 15.0. The molecule has 198 valence electrons. The number of carbonyl (C=O) groups excluding carboxylic acids is 1. The monoisotopic (exact) mass is 482 g/mol. The molecule has 5 aliphatic rings. The molecule has 0 radical (unpaired) electrons. The van der Waals surface area contributed by atoms with Crippen molar-refractivity contribution in [2.24, 2.45) is 56.2 Å². The molecule has 0 N–H and O–H groups in total. The minimum Gasteiger partial charge on any atom is -0.462 e. The zero-order chi connectivity index (χ0) is 25.8. The third-order valence-electron chi connectivity index (χ3n) is 14.6. The Kier molecular flexibility index (Phi) is 5.63. The molecule has 0 aromatic carbocycles. The maximum Gasteiger partial charge on any atom is 0.302 e. The molecule has 2 heteroatoms. The Morgan fingerprint density at radius 2 is 1.54 bits per heavy atom. The third kappa shape index (κ3) is 3.04. The van der Waals surface area contributed by atoms with E-state index in [0.29, 0.717) is 22.2 Å². The van der Waals surface area contributed by atoms with E-state index in [1.807, 2.05) is 5.57 Å². The smallest absolute Gasteiger partial charge is 0.302 e. The highest BCUT2D eigenvalue weighted by atomic mass is 16.5. The van der Waals surface area contributed by atoms with E-state index in [1.54, 1.807) is 6.92 Å². The normalized spacial score (nSPS) is 54.9. The third-order valence-corrected chi connectivity index (χ3v) is 14.6. The molecule has 2 nitrogen and oxygen atoms in total. The second-order valence-electron chi connectivity index (χ2n) is 15.8. The van der Waals surface area contributed by atoms with Crippen molar-refractivity contribution in [3.05, 3.63) is 11.6 Å². The lowest BCUT2D eigenvalue weighted by Crippen LogP contribution is -2.69. The van der Waals surface area contributed by atoms with Crippen molar-refractivity contribution in [2.75, 3.05) is 0 Å². The maximum absolute atomic E-state index is 11.9. The van der Waals surface area contributed by atoms with Crippen molar-refractivity contribution in [3.8, 4) is 0 Å². The van der Waals surface area contributed by atoms with E-state index < -0.39 is 0 Å². The molecule has 0 bridgehead atoms. The van der Waals surface area contributed by atoms with Crippen molar-refractivity contribution in [3.63, 3.8) is 0 Å². The largest absolute Gasteiger partial charge is 0.462 e. The Bertz CT molecular complexity index is 931. The van der Waals surface area contributed by atoms with Crippen LogP contribution in [0.3, 0.4) is 0 Å². The predicted molar refractivity (Wildman–Crippen MR) is 145 cm³/mol. The molecule has 10 unspecified atom stereocenters. The summed E-state index contributed by atoms with van der Waals surface area (Å²) in [5.74, 6) is 2.86. The second-order valence-corrected chi connectivity index (χ2v) is 15.8. The molecule has 5 rings (SSSR count). The molecule has 0 aromatic rings. The zero-order valence-corrected chi connectivity index (χ0v) is 24.6. The van der Waals surface area contributed by atoms with Crippen LogP contribution in [0.2, 0.25) is 0 Å². The van der Waals surface area contributed by atoms with Crippen LogP contribution in [0.25, 0.3) is 0 Å². The molecule has 4 saturated carbocycles. The summed E-state index contributed by atoms with van der Waals surface area (Å²) >= 11 is 0. The van der Waals surface area contributed by atoms with Crippen LogP contribution >= 0.6 is 0 Å². The number of ether oxygens (including phenoxy) is 1. The van der Waals surface area contributed by atoms with Gasteiger partial charge in [0.1, 0.15) is 6.10 Å². The van der Waals surface area contributed by atoms with Crippen molar-refractivity contribution in [1.29, 1.82) is 0 Å². The lowest BCUT2D eigenvalue weighted by Gasteiger charge is -2.76. The standard InChI is InChI=1S/C33H54O2/c1-21-11-15-29(6)19-20-30(7)24(27(29)22(21)2)12-17-33(10)31(8)16-14-26(35-23(3)34)28(4,5)25(31)13-18-32(30,33)9/h12,21-22,25-27H,11,13-20H2,1-10H3. The van der Waals surface area contributed by atoms with Gasteiger partial charge in [-0.15, -0.1) is 0 Å². The first-order chi connectivity index (χ1) is 16.1. The summed E-state index contributed by atoms with van der Waals surface area (Å²) in [5, 5.41) is 0. The summed E-state index contributed by atoms with van der Waals surface area (Å²) in [5.41, 5.74) is 3.50. The molecule has 4 fully saturated rings. The summed E-state index contributed by atoms with van der Waals surface area (Å²) in [6.07, 6.45) is 14.4. The van der Waals surface area contributed by atoms with Crippen LogP contribution in [0.4, 0.5) is 0 Å². The van der Waals surface area contributed by atoms with Gasteiger partial charge in [0.25, 0.3) is 0 Å². The first-order valence-electron chi connectivity index (χ1n) is 15.0. The maximum atomic E-state index is 11.9. The zero-order valence-electron chi connectivity index (χ0n) is 24.6. The van der Waals surface area contributed by atoms with Crippen molar-refractivity contribution < 1.29 is 9.53 Å². The molecule has 0 amide bonds. The van der Waals surface area contributed by atoms with Gasteiger partial charge >= 0.3 is 5.97 Å². The summed E-state index contributed by atoms with van der Waals surface area (Å²) < 4.78 is 5.94. The molecular weight excluding hydrogens is 428 g/mol. The average molecular weight is 483 g/mol. The Morgan fingerprint density at radius 1 is 0.857 bits per heavy atom. The van der Waals surface area contributed by atoms with Crippen LogP contribution in [0.15, 0.2) is 11.6 Å². The topological polar surface area (TPSA) is 26.3 Å². The molecule has 10 atom stereocenters.